The van der Waals surface area contributed by atoms with Gasteiger partial charge in [-0.15, -0.1) is 0 Å². The maximum atomic E-state index is 12.9. The van der Waals surface area contributed by atoms with E-state index in [1.165, 1.54) is 12.1 Å². The van der Waals surface area contributed by atoms with Crippen LogP contribution in [0.25, 0.3) is 0 Å². The van der Waals surface area contributed by atoms with Gasteiger partial charge in [0, 0.05) is 18.8 Å². The van der Waals surface area contributed by atoms with E-state index >= 15 is 0 Å². The van der Waals surface area contributed by atoms with Gasteiger partial charge in [0.1, 0.15) is 5.82 Å². The SMILES string of the molecule is CSCC(C)N(C)c1ccc(F)cc1N. The molecule has 0 aromatic heterocycles. The van der Waals surface area contributed by atoms with Crippen LogP contribution in [0.1, 0.15) is 6.92 Å². The number of nitrogens with two attached hydrogens (primary N) is 1. The molecule has 1 atom stereocenters. The van der Waals surface area contributed by atoms with Gasteiger partial charge >= 0.3 is 0 Å². The standard InChI is InChI=1S/C11H17FN2S/c1-8(7-15-3)14(2)11-5-4-9(12)6-10(11)13/h4-6,8H,7,13H2,1-3H3. The quantitative estimate of drug-likeness (QED) is 0.803. The molecule has 0 aliphatic heterocycles. The lowest BCUT2D eigenvalue weighted by Gasteiger charge is -2.27. The molecule has 15 heavy (non-hydrogen) atoms. The van der Waals surface area contributed by atoms with Crippen LogP contribution in [0, 0.1) is 5.82 Å². The fourth-order valence-corrected chi connectivity index (χ4v) is 2.14. The Labute approximate surface area is 94.6 Å². The number of hydrogen-bond acceptors (Lipinski definition) is 3. The van der Waals surface area contributed by atoms with E-state index in [4.69, 9.17) is 5.73 Å². The molecular weight excluding hydrogens is 211 g/mol. The molecule has 1 unspecified atom stereocenters. The highest BCUT2D eigenvalue weighted by atomic mass is 32.2. The predicted molar refractivity (Wildman–Crippen MR) is 67.1 cm³/mol. The minimum absolute atomic E-state index is 0.290. The summed E-state index contributed by atoms with van der Waals surface area (Å²) in [4.78, 5) is 2.07. The monoisotopic (exact) mass is 228 g/mol. The molecule has 0 saturated heterocycles. The summed E-state index contributed by atoms with van der Waals surface area (Å²) in [5.74, 6) is 0.731. The molecule has 2 N–H and O–H groups in total. The number of rotatable bonds is 4. The average molecular weight is 228 g/mol. The fourth-order valence-electron chi connectivity index (χ4n) is 1.44. The highest BCUT2D eigenvalue weighted by molar-refractivity contribution is 7.98. The van der Waals surface area contributed by atoms with Crippen LogP contribution >= 0.6 is 11.8 Å². The Morgan fingerprint density at radius 1 is 1.53 bits per heavy atom. The number of nitrogens with zero attached hydrogens (tertiary/aromatic N) is 1. The van der Waals surface area contributed by atoms with Crippen molar-refractivity contribution in [3.63, 3.8) is 0 Å². The van der Waals surface area contributed by atoms with Crippen molar-refractivity contribution in [3.8, 4) is 0 Å². The van der Waals surface area contributed by atoms with Crippen LogP contribution in [0.2, 0.25) is 0 Å². The molecule has 1 aromatic rings. The third kappa shape index (κ3) is 3.02. The van der Waals surface area contributed by atoms with Crippen LogP contribution in [0.4, 0.5) is 15.8 Å². The second-order valence-electron chi connectivity index (χ2n) is 3.62. The first-order valence-electron chi connectivity index (χ1n) is 4.83. The molecule has 0 bridgehead atoms. The second kappa shape index (κ2) is 5.26. The van der Waals surface area contributed by atoms with Gasteiger partial charge in [0.2, 0.25) is 0 Å². The Balaban J connectivity index is 2.86. The predicted octanol–water partition coefficient (Wildman–Crippen LogP) is 2.60. The summed E-state index contributed by atoms with van der Waals surface area (Å²) in [5.41, 5.74) is 7.15. The Hall–Kier alpha value is -0.900. The van der Waals surface area contributed by atoms with Crippen molar-refractivity contribution in [1.29, 1.82) is 0 Å². The molecule has 2 nitrogen and oxygen atoms in total. The normalized spacial score (nSPS) is 12.5. The summed E-state index contributed by atoms with van der Waals surface area (Å²) in [5, 5.41) is 0. The van der Waals surface area contributed by atoms with E-state index in [1.807, 2.05) is 7.05 Å². The van der Waals surface area contributed by atoms with Crippen molar-refractivity contribution in [2.45, 2.75) is 13.0 Å². The van der Waals surface area contributed by atoms with Gasteiger partial charge in [-0.1, -0.05) is 0 Å². The third-order valence-corrected chi connectivity index (χ3v) is 3.25. The van der Waals surface area contributed by atoms with Crippen molar-refractivity contribution < 1.29 is 4.39 Å². The highest BCUT2D eigenvalue weighted by Crippen LogP contribution is 2.25. The third-order valence-electron chi connectivity index (χ3n) is 2.44. The first kappa shape index (κ1) is 12.2. The van der Waals surface area contributed by atoms with Gasteiger partial charge in [-0.3, -0.25) is 0 Å². The molecule has 4 heteroatoms. The minimum atomic E-state index is -0.290. The lowest BCUT2D eigenvalue weighted by atomic mass is 10.2. The zero-order valence-electron chi connectivity index (χ0n) is 9.33. The van der Waals surface area contributed by atoms with E-state index in [9.17, 15) is 4.39 Å². The molecule has 0 amide bonds. The lowest BCUT2D eigenvalue weighted by molar-refractivity contribution is 0.628. The van der Waals surface area contributed by atoms with E-state index in [0.29, 0.717) is 11.7 Å². The average Bonchev–Trinajstić information content (AvgIpc) is 2.17. The fraction of sp³-hybridized carbons (Fsp3) is 0.455. The molecule has 0 fully saturated rings. The number of thioether (sulfide) groups is 1. The maximum Gasteiger partial charge on any atom is 0.125 e. The largest absolute Gasteiger partial charge is 0.397 e. The summed E-state index contributed by atoms with van der Waals surface area (Å²) >= 11 is 1.79. The molecule has 0 spiro atoms. The minimum Gasteiger partial charge on any atom is -0.397 e. The van der Waals surface area contributed by atoms with Crippen LogP contribution in [0.15, 0.2) is 18.2 Å². The molecule has 1 aromatic carbocycles. The first-order valence-corrected chi connectivity index (χ1v) is 6.22. The van der Waals surface area contributed by atoms with Gasteiger partial charge in [0.15, 0.2) is 0 Å². The molecule has 84 valence electrons. The number of anilines is 2. The molecule has 1 rings (SSSR count). The molecule has 0 aliphatic rings. The number of benzene rings is 1. The smallest absolute Gasteiger partial charge is 0.125 e. The molecule has 0 heterocycles. The van der Waals surface area contributed by atoms with Crippen LogP contribution in [0.3, 0.4) is 0 Å². The van der Waals surface area contributed by atoms with E-state index in [1.54, 1.807) is 17.8 Å². The Bertz CT molecular complexity index is 330. The van der Waals surface area contributed by atoms with Crippen LogP contribution in [-0.2, 0) is 0 Å². The zero-order valence-corrected chi connectivity index (χ0v) is 10.1. The topological polar surface area (TPSA) is 29.3 Å². The lowest BCUT2D eigenvalue weighted by Crippen LogP contribution is -2.31. The van der Waals surface area contributed by atoms with Gasteiger partial charge in [0.25, 0.3) is 0 Å². The van der Waals surface area contributed by atoms with Crippen molar-refractivity contribution in [3.05, 3.63) is 24.0 Å². The van der Waals surface area contributed by atoms with Crippen LogP contribution < -0.4 is 10.6 Å². The summed E-state index contributed by atoms with van der Waals surface area (Å²) in [7, 11) is 1.98. The van der Waals surface area contributed by atoms with Gasteiger partial charge < -0.3 is 10.6 Å². The number of hydrogen-bond donors (Lipinski definition) is 1. The van der Waals surface area contributed by atoms with Crippen molar-refractivity contribution >= 4 is 23.1 Å². The summed E-state index contributed by atoms with van der Waals surface area (Å²) in [6, 6.07) is 4.90. The van der Waals surface area contributed by atoms with Gasteiger partial charge in [-0.05, 0) is 31.4 Å². The summed E-state index contributed by atoms with van der Waals surface area (Å²) in [6.07, 6.45) is 2.07. The Morgan fingerprint density at radius 2 is 2.20 bits per heavy atom. The number of halogens is 1. The van der Waals surface area contributed by atoms with Gasteiger partial charge in [-0.25, -0.2) is 4.39 Å². The molecule has 0 radical (unpaired) electrons. The summed E-state index contributed by atoms with van der Waals surface area (Å²) in [6.45, 7) is 2.12. The van der Waals surface area contributed by atoms with Crippen molar-refractivity contribution in [2.75, 3.05) is 29.7 Å². The van der Waals surface area contributed by atoms with Gasteiger partial charge in [0.05, 0.1) is 11.4 Å². The van der Waals surface area contributed by atoms with Crippen LogP contribution in [-0.4, -0.2) is 25.1 Å². The van der Waals surface area contributed by atoms with E-state index in [2.05, 4.69) is 18.1 Å². The second-order valence-corrected chi connectivity index (χ2v) is 4.53. The Kier molecular flexibility index (Phi) is 4.27. The zero-order chi connectivity index (χ0) is 11.4. The summed E-state index contributed by atoms with van der Waals surface area (Å²) < 4.78 is 12.9. The van der Waals surface area contributed by atoms with Crippen molar-refractivity contribution in [2.24, 2.45) is 0 Å². The van der Waals surface area contributed by atoms with E-state index in [-0.39, 0.29) is 5.82 Å². The molecule has 0 aliphatic carbocycles. The first-order chi connectivity index (χ1) is 7.06. The number of nitrogen functional groups attached to an aromatic ring is 1. The maximum absolute atomic E-state index is 12.9. The van der Waals surface area contributed by atoms with Crippen molar-refractivity contribution in [1.82, 2.24) is 0 Å². The van der Waals surface area contributed by atoms with E-state index < -0.39 is 0 Å². The molecular formula is C11H17FN2S. The van der Waals surface area contributed by atoms with Gasteiger partial charge in [-0.2, -0.15) is 11.8 Å². The molecule has 0 saturated carbocycles. The van der Waals surface area contributed by atoms with Crippen LogP contribution in [0.5, 0.6) is 0 Å². The highest BCUT2D eigenvalue weighted by Gasteiger charge is 2.12. The Morgan fingerprint density at radius 3 is 2.73 bits per heavy atom. The van der Waals surface area contributed by atoms with E-state index in [0.717, 1.165) is 11.4 Å².